The Bertz CT molecular complexity index is 327. The molecular formula is C15H31IN4S. The van der Waals surface area contributed by atoms with E-state index in [0.29, 0.717) is 0 Å². The first-order valence-corrected chi connectivity index (χ1v) is 9.03. The van der Waals surface area contributed by atoms with Gasteiger partial charge in [0.25, 0.3) is 0 Å². The summed E-state index contributed by atoms with van der Waals surface area (Å²) in [5.74, 6) is 3.11. The van der Waals surface area contributed by atoms with Gasteiger partial charge in [-0.2, -0.15) is 11.8 Å². The normalized spacial score (nSPS) is 28.1. The van der Waals surface area contributed by atoms with E-state index in [9.17, 15) is 0 Å². The van der Waals surface area contributed by atoms with Crippen LogP contribution in [-0.4, -0.2) is 73.6 Å². The SMILES string of the molecule is CCC1CN(C(=NC)NCC2CCCN(C)C2)CCS1.I. The number of hydrogen-bond donors (Lipinski definition) is 1. The van der Waals surface area contributed by atoms with Crippen LogP contribution in [0.25, 0.3) is 0 Å². The molecule has 2 aliphatic rings. The first kappa shape index (κ1) is 19.4. The van der Waals surface area contributed by atoms with Gasteiger partial charge >= 0.3 is 0 Å². The third kappa shape index (κ3) is 6.14. The highest BCUT2D eigenvalue weighted by Gasteiger charge is 2.23. The summed E-state index contributed by atoms with van der Waals surface area (Å²) in [4.78, 5) is 9.38. The lowest BCUT2D eigenvalue weighted by Gasteiger charge is -2.35. The molecule has 0 bridgehead atoms. The molecule has 0 amide bonds. The second-order valence-corrected chi connectivity index (χ2v) is 7.45. The largest absolute Gasteiger partial charge is 0.356 e. The average molecular weight is 426 g/mol. The van der Waals surface area contributed by atoms with Crippen LogP contribution < -0.4 is 5.32 Å². The highest BCUT2D eigenvalue weighted by atomic mass is 127. The lowest BCUT2D eigenvalue weighted by Crippen LogP contribution is -2.49. The van der Waals surface area contributed by atoms with Crippen molar-refractivity contribution in [1.82, 2.24) is 15.1 Å². The number of guanidine groups is 1. The summed E-state index contributed by atoms with van der Waals surface area (Å²) in [6, 6.07) is 0. The number of thioether (sulfide) groups is 1. The van der Waals surface area contributed by atoms with Crippen molar-refractivity contribution in [1.29, 1.82) is 0 Å². The Balaban J connectivity index is 0.00000220. The number of aliphatic imine (C=N–C) groups is 1. The van der Waals surface area contributed by atoms with Crippen LogP contribution in [0.1, 0.15) is 26.2 Å². The van der Waals surface area contributed by atoms with Gasteiger partial charge < -0.3 is 15.1 Å². The highest BCUT2D eigenvalue weighted by molar-refractivity contribution is 14.0. The van der Waals surface area contributed by atoms with Crippen molar-refractivity contribution in [3.05, 3.63) is 0 Å². The van der Waals surface area contributed by atoms with Crippen LogP contribution in [0.2, 0.25) is 0 Å². The Morgan fingerprint density at radius 1 is 1.33 bits per heavy atom. The molecule has 4 nitrogen and oxygen atoms in total. The van der Waals surface area contributed by atoms with Gasteiger partial charge in [-0.25, -0.2) is 0 Å². The van der Waals surface area contributed by atoms with E-state index in [1.165, 1.54) is 38.1 Å². The maximum absolute atomic E-state index is 4.49. The van der Waals surface area contributed by atoms with Crippen LogP contribution in [0.4, 0.5) is 0 Å². The van der Waals surface area contributed by atoms with Crippen LogP contribution in [-0.2, 0) is 0 Å². The van der Waals surface area contributed by atoms with E-state index >= 15 is 0 Å². The van der Waals surface area contributed by atoms with Crippen molar-refractivity contribution in [3.8, 4) is 0 Å². The van der Waals surface area contributed by atoms with Crippen LogP contribution >= 0.6 is 35.7 Å². The molecule has 2 saturated heterocycles. The van der Waals surface area contributed by atoms with Gasteiger partial charge in [0.2, 0.25) is 0 Å². The third-order valence-corrected chi connectivity index (χ3v) is 5.75. The molecule has 0 aromatic carbocycles. The summed E-state index contributed by atoms with van der Waals surface area (Å²) in [7, 11) is 4.15. The smallest absolute Gasteiger partial charge is 0.193 e. The molecule has 0 aromatic heterocycles. The molecular weight excluding hydrogens is 395 g/mol. The van der Waals surface area contributed by atoms with Crippen molar-refractivity contribution in [2.24, 2.45) is 10.9 Å². The van der Waals surface area contributed by atoms with E-state index < -0.39 is 0 Å². The monoisotopic (exact) mass is 426 g/mol. The van der Waals surface area contributed by atoms with Gasteiger partial charge in [-0.1, -0.05) is 6.92 Å². The van der Waals surface area contributed by atoms with Gasteiger partial charge in [-0.15, -0.1) is 24.0 Å². The van der Waals surface area contributed by atoms with E-state index in [1.54, 1.807) is 0 Å². The zero-order valence-corrected chi connectivity index (χ0v) is 16.8. The van der Waals surface area contributed by atoms with Crippen molar-refractivity contribution in [2.75, 3.05) is 52.6 Å². The van der Waals surface area contributed by atoms with Gasteiger partial charge in [0.1, 0.15) is 0 Å². The molecule has 6 heteroatoms. The molecule has 0 radical (unpaired) electrons. The molecule has 0 aromatic rings. The fourth-order valence-electron chi connectivity index (χ4n) is 3.17. The molecule has 2 heterocycles. The topological polar surface area (TPSA) is 30.9 Å². The van der Waals surface area contributed by atoms with E-state index in [0.717, 1.165) is 36.8 Å². The Morgan fingerprint density at radius 2 is 2.14 bits per heavy atom. The number of nitrogens with zero attached hydrogens (tertiary/aromatic N) is 3. The third-order valence-electron chi connectivity index (χ3n) is 4.38. The van der Waals surface area contributed by atoms with E-state index in [-0.39, 0.29) is 24.0 Å². The van der Waals surface area contributed by atoms with Gasteiger partial charge in [-0.05, 0) is 38.8 Å². The predicted octanol–water partition coefficient (Wildman–Crippen LogP) is 2.35. The molecule has 2 fully saturated rings. The average Bonchev–Trinajstić information content (AvgIpc) is 2.48. The standard InChI is InChI=1S/C15H30N4S.HI/c1-4-14-12-19(8-9-20-14)15(16-2)17-10-13-6-5-7-18(3)11-13;/h13-14H,4-12H2,1-3H3,(H,16,17);1H. The Labute approximate surface area is 151 Å². The minimum atomic E-state index is 0. The minimum Gasteiger partial charge on any atom is -0.356 e. The summed E-state index contributed by atoms with van der Waals surface area (Å²) in [5.41, 5.74) is 0. The number of hydrogen-bond acceptors (Lipinski definition) is 3. The zero-order chi connectivity index (χ0) is 14.4. The van der Waals surface area contributed by atoms with Crippen molar-refractivity contribution in [2.45, 2.75) is 31.4 Å². The summed E-state index contributed by atoms with van der Waals surface area (Å²) >= 11 is 2.11. The molecule has 124 valence electrons. The van der Waals surface area contributed by atoms with Crippen LogP contribution in [0.15, 0.2) is 4.99 Å². The maximum Gasteiger partial charge on any atom is 0.193 e. The quantitative estimate of drug-likeness (QED) is 0.427. The second kappa shape index (κ2) is 10.2. The Morgan fingerprint density at radius 3 is 2.81 bits per heavy atom. The molecule has 2 aliphatic heterocycles. The van der Waals surface area contributed by atoms with Crippen LogP contribution in [0, 0.1) is 5.92 Å². The molecule has 1 N–H and O–H groups in total. The van der Waals surface area contributed by atoms with E-state index in [2.05, 4.69) is 45.8 Å². The van der Waals surface area contributed by atoms with Crippen LogP contribution in [0.3, 0.4) is 0 Å². The Kier molecular flexibility index (Phi) is 9.36. The van der Waals surface area contributed by atoms with Gasteiger partial charge in [0, 0.05) is 44.2 Å². The zero-order valence-electron chi connectivity index (χ0n) is 13.7. The summed E-state index contributed by atoms with van der Waals surface area (Å²) < 4.78 is 0. The molecule has 21 heavy (non-hydrogen) atoms. The summed E-state index contributed by atoms with van der Waals surface area (Å²) in [5, 5.41) is 4.38. The number of halogens is 1. The van der Waals surface area contributed by atoms with Gasteiger partial charge in [0.05, 0.1) is 0 Å². The first-order chi connectivity index (χ1) is 9.72. The second-order valence-electron chi connectivity index (χ2n) is 6.05. The minimum absolute atomic E-state index is 0. The molecule has 2 rings (SSSR count). The molecule has 0 saturated carbocycles. The fraction of sp³-hybridized carbons (Fsp3) is 0.933. The predicted molar refractivity (Wildman–Crippen MR) is 105 cm³/mol. The summed E-state index contributed by atoms with van der Waals surface area (Å²) in [6.07, 6.45) is 3.94. The van der Waals surface area contributed by atoms with E-state index in [1.807, 2.05) is 7.05 Å². The molecule has 2 unspecified atom stereocenters. The fourth-order valence-corrected chi connectivity index (χ4v) is 4.35. The van der Waals surface area contributed by atoms with Crippen LogP contribution in [0.5, 0.6) is 0 Å². The summed E-state index contributed by atoms with van der Waals surface area (Å²) in [6.45, 7) is 8.10. The Hall–Kier alpha value is 0.310. The molecule has 2 atom stereocenters. The molecule has 0 spiro atoms. The number of piperidine rings is 1. The van der Waals surface area contributed by atoms with Gasteiger partial charge in [0.15, 0.2) is 5.96 Å². The number of likely N-dealkylation sites (tertiary alicyclic amines) is 1. The number of nitrogens with one attached hydrogen (secondary N) is 1. The highest BCUT2D eigenvalue weighted by Crippen LogP contribution is 2.21. The van der Waals surface area contributed by atoms with E-state index in [4.69, 9.17) is 0 Å². The van der Waals surface area contributed by atoms with Crippen molar-refractivity contribution in [3.63, 3.8) is 0 Å². The van der Waals surface area contributed by atoms with Crippen molar-refractivity contribution >= 4 is 41.7 Å². The van der Waals surface area contributed by atoms with Gasteiger partial charge in [-0.3, -0.25) is 4.99 Å². The first-order valence-electron chi connectivity index (χ1n) is 7.98. The lowest BCUT2D eigenvalue weighted by atomic mass is 9.98. The van der Waals surface area contributed by atoms with Crippen molar-refractivity contribution < 1.29 is 0 Å². The molecule has 0 aliphatic carbocycles. The number of rotatable bonds is 3. The maximum atomic E-state index is 4.49. The lowest BCUT2D eigenvalue weighted by molar-refractivity contribution is 0.209.